The lowest BCUT2D eigenvalue weighted by Crippen LogP contribution is -2.85. The Morgan fingerprint density at radius 3 is 1.46 bits per heavy atom. The minimum atomic E-state index is -0.376. The van der Waals surface area contributed by atoms with Crippen LogP contribution in [0.4, 0.5) is 0 Å². The summed E-state index contributed by atoms with van der Waals surface area (Å²) >= 11 is 0. The van der Waals surface area contributed by atoms with Crippen LogP contribution in [-0.4, -0.2) is 36.7 Å². The lowest BCUT2D eigenvalue weighted by Gasteiger charge is -2.73. The van der Waals surface area contributed by atoms with Crippen LogP contribution in [0.5, 0.6) is 0 Å². The minimum absolute atomic E-state index is 0.0845. The van der Waals surface area contributed by atoms with Gasteiger partial charge in [-0.3, -0.25) is 9.59 Å². The number of carbonyl (C=O) groups is 2. The molecule has 6 bridgehead atoms. The molecule has 142 valence electrons. The molecule has 4 heteroatoms. The maximum absolute atomic E-state index is 13.7. The highest BCUT2D eigenvalue weighted by Crippen LogP contribution is 2.68. The van der Waals surface area contributed by atoms with Gasteiger partial charge >= 0.3 is 0 Å². The van der Waals surface area contributed by atoms with Crippen molar-refractivity contribution in [3.63, 3.8) is 0 Å². The van der Waals surface area contributed by atoms with E-state index in [0.29, 0.717) is 0 Å². The van der Waals surface area contributed by atoms with Gasteiger partial charge in [0.2, 0.25) is 0 Å². The highest BCUT2D eigenvalue weighted by molar-refractivity contribution is 6.05. The van der Waals surface area contributed by atoms with E-state index < -0.39 is 0 Å². The van der Waals surface area contributed by atoms with E-state index in [2.05, 4.69) is 10.6 Å². The maximum Gasteiger partial charge on any atom is 0.170 e. The van der Waals surface area contributed by atoms with Crippen molar-refractivity contribution in [3.05, 3.63) is 71.8 Å². The summed E-state index contributed by atoms with van der Waals surface area (Å²) in [7, 11) is 0. The molecule has 28 heavy (non-hydrogen) atoms. The zero-order valence-corrected chi connectivity index (χ0v) is 15.7. The third-order valence-electron chi connectivity index (χ3n) is 8.22. The highest BCUT2D eigenvalue weighted by atomic mass is 16.1. The van der Waals surface area contributed by atoms with Gasteiger partial charge in [-0.2, -0.15) is 0 Å². The van der Waals surface area contributed by atoms with Gasteiger partial charge in [0.15, 0.2) is 11.6 Å². The molecule has 3 aliphatic carbocycles. The van der Waals surface area contributed by atoms with Crippen LogP contribution >= 0.6 is 0 Å². The van der Waals surface area contributed by atoms with Gasteiger partial charge in [-0.05, 0) is 37.8 Å². The molecule has 7 fully saturated rings. The number of fused-ring (bicyclic) bond motifs is 2. The number of benzene rings is 2. The fourth-order valence-corrected chi connectivity index (χ4v) is 7.11. The number of carbonyl (C=O) groups excluding carboxylic acids is 2. The van der Waals surface area contributed by atoms with Gasteiger partial charge in [0.05, 0.1) is 10.8 Å². The Hall–Kier alpha value is -2.30. The molecule has 0 amide bonds. The first-order valence-electron chi connectivity index (χ1n) is 10.3. The van der Waals surface area contributed by atoms with Gasteiger partial charge in [-0.25, -0.2) is 0 Å². The van der Waals surface area contributed by atoms with Gasteiger partial charge in [0, 0.05) is 23.2 Å². The normalized spacial score (nSPS) is 39.9. The van der Waals surface area contributed by atoms with Crippen molar-refractivity contribution in [3.8, 4) is 0 Å². The summed E-state index contributed by atoms with van der Waals surface area (Å²) < 4.78 is 0. The number of piperidine rings is 4. The van der Waals surface area contributed by atoms with Gasteiger partial charge in [-0.15, -0.1) is 0 Å². The molecule has 7 aliphatic rings. The monoisotopic (exact) mass is 372 g/mol. The Morgan fingerprint density at radius 2 is 1.07 bits per heavy atom. The molecule has 4 saturated heterocycles. The van der Waals surface area contributed by atoms with Crippen molar-refractivity contribution in [2.24, 2.45) is 22.7 Å². The van der Waals surface area contributed by atoms with Crippen molar-refractivity contribution in [1.82, 2.24) is 10.6 Å². The molecule has 0 spiro atoms. The third-order valence-corrected chi connectivity index (χ3v) is 8.22. The molecule has 0 radical (unpaired) electrons. The molecule has 2 aromatic rings. The Morgan fingerprint density at radius 1 is 0.679 bits per heavy atom. The first kappa shape index (κ1) is 16.6. The van der Waals surface area contributed by atoms with Crippen LogP contribution < -0.4 is 10.6 Å². The molecule has 2 aromatic carbocycles. The molecule has 9 rings (SSSR count). The number of nitrogens with one attached hydrogen (secondary N) is 2. The van der Waals surface area contributed by atoms with Crippen LogP contribution in [0.3, 0.4) is 0 Å². The van der Waals surface area contributed by atoms with E-state index in [0.717, 1.165) is 37.1 Å². The lowest BCUT2D eigenvalue weighted by atomic mass is 9.35. The number of ketones is 2. The van der Waals surface area contributed by atoms with Crippen molar-refractivity contribution >= 4 is 11.6 Å². The van der Waals surface area contributed by atoms with Gasteiger partial charge < -0.3 is 10.6 Å². The van der Waals surface area contributed by atoms with Crippen LogP contribution in [0.1, 0.15) is 33.6 Å². The molecule has 3 unspecified atom stereocenters. The summed E-state index contributed by atoms with van der Waals surface area (Å²) in [6, 6.07) is 19.6. The molecule has 0 aromatic heterocycles. The number of hydrogen-bond donors (Lipinski definition) is 2. The fourth-order valence-electron chi connectivity index (χ4n) is 7.11. The Kier molecular flexibility index (Phi) is 3.34. The lowest BCUT2D eigenvalue weighted by molar-refractivity contribution is -0.176. The van der Waals surface area contributed by atoms with E-state index in [9.17, 15) is 9.59 Å². The zero-order valence-electron chi connectivity index (χ0n) is 15.7. The van der Waals surface area contributed by atoms with E-state index in [1.165, 1.54) is 0 Å². The quantitative estimate of drug-likeness (QED) is 0.811. The molecule has 4 heterocycles. The Bertz CT molecular complexity index is 880. The highest BCUT2D eigenvalue weighted by Gasteiger charge is 2.76. The summed E-state index contributed by atoms with van der Waals surface area (Å²) in [6.45, 7) is 1.69. The molecule has 3 saturated carbocycles. The van der Waals surface area contributed by atoms with Gasteiger partial charge in [-0.1, -0.05) is 60.7 Å². The second kappa shape index (κ2) is 5.62. The topological polar surface area (TPSA) is 58.2 Å². The molecule has 4 aliphatic heterocycles. The van der Waals surface area contributed by atoms with Crippen molar-refractivity contribution in [1.29, 1.82) is 0 Å². The van der Waals surface area contributed by atoms with Crippen LogP contribution in [-0.2, 0) is 0 Å². The summed E-state index contributed by atoms with van der Waals surface area (Å²) in [5.74, 6) is 0.982. The largest absolute Gasteiger partial charge is 0.313 e. The average molecular weight is 372 g/mol. The second-order valence-corrected chi connectivity index (χ2v) is 9.01. The van der Waals surface area contributed by atoms with E-state index in [1.54, 1.807) is 0 Å². The van der Waals surface area contributed by atoms with Gasteiger partial charge in [0.25, 0.3) is 0 Å². The average Bonchev–Trinajstić information content (AvgIpc) is 2.79. The second-order valence-electron chi connectivity index (χ2n) is 9.01. The number of Topliss-reactive ketones (excluding diaryl/α,β-unsaturated/α-hetero) is 2. The third kappa shape index (κ3) is 1.83. The van der Waals surface area contributed by atoms with Crippen LogP contribution in [0.15, 0.2) is 60.7 Å². The Labute approximate surface area is 164 Å². The predicted molar refractivity (Wildman–Crippen MR) is 106 cm³/mol. The van der Waals surface area contributed by atoms with E-state index in [-0.39, 0.29) is 46.3 Å². The number of rotatable bonds is 4. The molecular formula is C24H24N2O2. The van der Waals surface area contributed by atoms with Crippen LogP contribution in [0.2, 0.25) is 0 Å². The SMILES string of the molecule is O=C(c1ccccc1)[C@]12C[C@@H]3NCC1C1CNC2C[C@]13C(=O)c1ccccc1. The first-order chi connectivity index (χ1) is 13.7. The fraction of sp³-hybridized carbons (Fsp3) is 0.417. The van der Waals surface area contributed by atoms with E-state index in [1.807, 2.05) is 60.7 Å². The number of hydrogen-bond acceptors (Lipinski definition) is 4. The van der Waals surface area contributed by atoms with Crippen molar-refractivity contribution in [2.45, 2.75) is 24.9 Å². The summed E-state index contributed by atoms with van der Waals surface area (Å²) in [5, 5.41) is 7.31. The molecule has 2 N–H and O–H groups in total. The molecular weight excluding hydrogens is 348 g/mol. The smallest absolute Gasteiger partial charge is 0.170 e. The summed E-state index contributed by atoms with van der Waals surface area (Å²) in [4.78, 5) is 27.5. The molecule has 6 atom stereocenters. The van der Waals surface area contributed by atoms with E-state index in [4.69, 9.17) is 0 Å². The standard InChI is InChI=1S/C24H24N2O2/c27-21(15-7-3-1-4-8-15)23-11-20-24(22(28)16-9-5-2-6-10-16)12-19(23)25-14-18(24)17(23)13-26-20/h1-10,17-20,25-26H,11-14H2/t17?,18?,19-,20?,23-,24+/m0/s1. The first-order valence-corrected chi connectivity index (χ1v) is 10.3. The summed E-state index contributed by atoms with van der Waals surface area (Å²) in [5.41, 5.74) is 0.867. The van der Waals surface area contributed by atoms with Crippen LogP contribution in [0.25, 0.3) is 0 Å². The Balaban J connectivity index is 1.45. The minimum Gasteiger partial charge on any atom is -0.313 e. The zero-order chi connectivity index (χ0) is 18.9. The van der Waals surface area contributed by atoms with Gasteiger partial charge in [0.1, 0.15) is 0 Å². The van der Waals surface area contributed by atoms with E-state index >= 15 is 0 Å². The maximum atomic E-state index is 13.7. The predicted octanol–water partition coefficient (Wildman–Crippen LogP) is 2.71. The molecule has 4 nitrogen and oxygen atoms in total. The van der Waals surface area contributed by atoms with Crippen molar-refractivity contribution < 1.29 is 9.59 Å². The van der Waals surface area contributed by atoms with Crippen LogP contribution in [0, 0.1) is 22.7 Å². The summed E-state index contributed by atoms with van der Waals surface area (Å²) in [6.07, 6.45) is 1.52. The van der Waals surface area contributed by atoms with Crippen molar-refractivity contribution in [2.75, 3.05) is 13.1 Å².